The van der Waals surface area contributed by atoms with Crippen LogP contribution < -0.4 is 14.8 Å². The second-order valence-corrected chi connectivity index (χ2v) is 14.3. The second kappa shape index (κ2) is 11.7. The van der Waals surface area contributed by atoms with E-state index in [0.29, 0.717) is 41.8 Å². The molecule has 0 spiro atoms. The van der Waals surface area contributed by atoms with Crippen LogP contribution in [0.25, 0.3) is 0 Å². The Balaban J connectivity index is 1.54. The van der Waals surface area contributed by atoms with Crippen molar-refractivity contribution in [1.82, 2.24) is 4.90 Å². The molecule has 5 rings (SSSR count). The Labute approximate surface area is 265 Å². The monoisotopic (exact) mass is 618 g/mol. The molecule has 0 saturated carbocycles. The molecule has 0 bridgehead atoms. The fourth-order valence-corrected chi connectivity index (χ4v) is 7.29. The van der Waals surface area contributed by atoms with Gasteiger partial charge >= 0.3 is 0 Å². The number of benzene rings is 2. The van der Waals surface area contributed by atoms with E-state index in [4.69, 9.17) is 21.1 Å². The maximum absolute atomic E-state index is 13.9. The van der Waals surface area contributed by atoms with Crippen molar-refractivity contribution < 1.29 is 23.9 Å². The number of methoxy groups -OCH3 is 1. The molecule has 1 aliphatic heterocycles. The summed E-state index contributed by atoms with van der Waals surface area (Å²) in [4.78, 5) is 42.9. The Hall–Kier alpha value is -3.58. The van der Waals surface area contributed by atoms with Gasteiger partial charge in [-0.25, -0.2) is 0 Å². The first-order chi connectivity index (χ1) is 20.7. The average Bonchev–Trinajstić information content (AvgIpc) is 2.92. The molecular weight excluding hydrogens is 576 g/mol. The normalized spacial score (nSPS) is 19.5. The Morgan fingerprint density at radius 3 is 2.11 bits per heavy atom. The van der Waals surface area contributed by atoms with Crippen molar-refractivity contribution in [3.63, 3.8) is 0 Å². The third kappa shape index (κ3) is 5.91. The Bertz CT molecular complexity index is 1560. The first-order valence-electron chi connectivity index (χ1n) is 15.3. The molecule has 2 aliphatic carbocycles. The Morgan fingerprint density at radius 1 is 0.977 bits per heavy atom. The van der Waals surface area contributed by atoms with Crippen LogP contribution in [0.2, 0.25) is 5.02 Å². The van der Waals surface area contributed by atoms with Crippen molar-refractivity contribution >= 4 is 34.8 Å². The van der Waals surface area contributed by atoms with Crippen molar-refractivity contribution in [3.05, 3.63) is 74.6 Å². The number of aryl methyl sites for hydroxylation is 1. The Morgan fingerprint density at radius 2 is 1.57 bits per heavy atom. The number of ketones is 2. The number of rotatable bonds is 7. The summed E-state index contributed by atoms with van der Waals surface area (Å²) in [6.45, 7) is 14.9. The summed E-state index contributed by atoms with van der Waals surface area (Å²) in [5, 5.41) is 3.14. The zero-order valence-electron chi connectivity index (χ0n) is 27.1. The van der Waals surface area contributed by atoms with Crippen LogP contribution in [0.5, 0.6) is 11.5 Å². The van der Waals surface area contributed by atoms with E-state index in [1.165, 1.54) is 7.11 Å². The number of allylic oxidation sites excluding steroid dienone is 4. The number of Topliss-reactive ketones (excluding diaryl/α,β-unsaturated/α-hetero) is 2. The summed E-state index contributed by atoms with van der Waals surface area (Å²) in [5.74, 6) is -0.201. The van der Waals surface area contributed by atoms with E-state index in [9.17, 15) is 14.4 Å². The number of nitrogens with one attached hydrogen (secondary N) is 1. The van der Waals surface area contributed by atoms with Gasteiger partial charge in [0.05, 0.1) is 12.1 Å². The van der Waals surface area contributed by atoms with Crippen LogP contribution in [-0.2, 0) is 14.4 Å². The van der Waals surface area contributed by atoms with Gasteiger partial charge in [-0.05, 0) is 79.3 Å². The second-order valence-electron chi connectivity index (χ2n) is 13.9. The van der Waals surface area contributed by atoms with Crippen LogP contribution in [0.15, 0.2) is 52.9 Å². The van der Waals surface area contributed by atoms with Crippen molar-refractivity contribution in [2.75, 3.05) is 25.6 Å². The van der Waals surface area contributed by atoms with E-state index in [1.807, 2.05) is 32.0 Å². The smallest absolute Gasteiger partial charge is 0.262 e. The quantitative estimate of drug-likeness (QED) is 0.342. The molecule has 0 fully saturated rings. The van der Waals surface area contributed by atoms with Gasteiger partial charge in [0.1, 0.15) is 0 Å². The largest absolute Gasteiger partial charge is 0.493 e. The van der Waals surface area contributed by atoms with Gasteiger partial charge in [0, 0.05) is 53.5 Å². The highest BCUT2D eigenvalue weighted by Gasteiger charge is 2.48. The summed E-state index contributed by atoms with van der Waals surface area (Å²) in [6, 6.07) is 9.27. The number of ether oxygens (including phenoxy) is 2. The van der Waals surface area contributed by atoms with E-state index >= 15 is 0 Å². The highest BCUT2D eigenvalue weighted by atomic mass is 35.5. The van der Waals surface area contributed by atoms with Crippen molar-refractivity contribution in [2.45, 2.75) is 80.1 Å². The van der Waals surface area contributed by atoms with E-state index in [-0.39, 0.29) is 45.7 Å². The molecule has 2 aromatic rings. The lowest BCUT2D eigenvalue weighted by atomic mass is 9.63. The van der Waals surface area contributed by atoms with Gasteiger partial charge in [-0.1, -0.05) is 51.4 Å². The number of carbonyl (C=O) groups excluding carboxylic acids is 3. The van der Waals surface area contributed by atoms with Gasteiger partial charge in [-0.15, -0.1) is 0 Å². The van der Waals surface area contributed by atoms with Crippen LogP contribution in [0.3, 0.4) is 0 Å². The number of amides is 1. The molecule has 0 aromatic heterocycles. The summed E-state index contributed by atoms with van der Waals surface area (Å²) in [7, 11) is 1.51. The topological polar surface area (TPSA) is 84.9 Å². The average molecular weight is 619 g/mol. The van der Waals surface area contributed by atoms with Gasteiger partial charge in [0.2, 0.25) is 0 Å². The molecule has 3 aliphatic rings. The van der Waals surface area contributed by atoms with E-state index < -0.39 is 5.92 Å². The first kappa shape index (κ1) is 31.8. The van der Waals surface area contributed by atoms with Crippen LogP contribution in [0, 0.1) is 24.7 Å². The minimum atomic E-state index is -0.553. The Kier molecular flexibility index (Phi) is 8.49. The third-order valence-corrected chi connectivity index (χ3v) is 9.43. The fraction of sp³-hybridized carbons (Fsp3) is 0.472. The molecular formula is C36H43ClN2O5. The fourth-order valence-electron chi connectivity index (χ4n) is 7.02. The molecule has 7 nitrogen and oxygen atoms in total. The van der Waals surface area contributed by atoms with E-state index in [1.54, 1.807) is 12.1 Å². The molecule has 1 N–H and O–H groups in total. The number of hydrogen-bond acceptors (Lipinski definition) is 6. The van der Waals surface area contributed by atoms with Gasteiger partial charge in [0.25, 0.3) is 5.91 Å². The van der Waals surface area contributed by atoms with Crippen LogP contribution >= 0.6 is 11.6 Å². The SMILES string of the molecule is CCN1C2=C(C(=O)CC(C)(C)C2)C(c2cc(Cl)c(OCC(=O)Nc3cccc(C)c3C)c(OC)c2)C2=C1CC(C)(C)CC2=O. The summed E-state index contributed by atoms with van der Waals surface area (Å²) in [5.41, 5.74) is 6.47. The number of carbonyl (C=O) groups is 3. The van der Waals surface area contributed by atoms with Gasteiger partial charge < -0.3 is 19.7 Å². The van der Waals surface area contributed by atoms with Crippen molar-refractivity contribution in [2.24, 2.45) is 10.8 Å². The molecule has 44 heavy (non-hydrogen) atoms. The molecule has 0 saturated heterocycles. The minimum absolute atomic E-state index is 0.0578. The molecule has 0 atom stereocenters. The van der Waals surface area contributed by atoms with Crippen LogP contribution in [0.4, 0.5) is 5.69 Å². The molecule has 0 radical (unpaired) electrons. The number of nitrogens with zero attached hydrogens (tertiary/aromatic N) is 1. The molecule has 1 amide bonds. The predicted molar refractivity (Wildman–Crippen MR) is 173 cm³/mol. The highest BCUT2D eigenvalue weighted by molar-refractivity contribution is 6.32. The molecule has 0 unspecified atom stereocenters. The van der Waals surface area contributed by atoms with E-state index in [0.717, 1.165) is 41.1 Å². The van der Waals surface area contributed by atoms with Gasteiger partial charge in [-0.2, -0.15) is 0 Å². The lowest BCUT2D eigenvalue weighted by molar-refractivity contribution is -0.120. The first-order valence-corrected chi connectivity index (χ1v) is 15.7. The van der Waals surface area contributed by atoms with Crippen LogP contribution in [0.1, 0.15) is 82.9 Å². The van der Waals surface area contributed by atoms with Crippen molar-refractivity contribution in [1.29, 1.82) is 0 Å². The highest BCUT2D eigenvalue weighted by Crippen LogP contribution is 2.55. The standard InChI is InChI=1S/C36H43ClN2O5/c1-9-39-25-15-35(4,5)17-27(40)32(25)31(33-26(39)16-36(6,7)18-28(33)41)22-13-23(37)34(29(14-22)43-8)44-19-30(42)38-24-12-10-11-20(2)21(24)3/h10-14,31H,9,15-19H2,1-8H3,(H,38,42). The summed E-state index contributed by atoms with van der Waals surface area (Å²) in [6.07, 6.45) is 2.30. The van der Waals surface area contributed by atoms with Gasteiger partial charge in [-0.3, -0.25) is 14.4 Å². The summed E-state index contributed by atoms with van der Waals surface area (Å²) >= 11 is 6.84. The predicted octanol–water partition coefficient (Wildman–Crippen LogP) is 7.69. The summed E-state index contributed by atoms with van der Waals surface area (Å²) < 4.78 is 11.6. The lowest BCUT2D eigenvalue weighted by Gasteiger charge is -2.49. The van der Waals surface area contributed by atoms with Crippen LogP contribution in [-0.4, -0.2) is 42.6 Å². The maximum atomic E-state index is 13.9. The zero-order chi connectivity index (χ0) is 32.1. The van der Waals surface area contributed by atoms with Crippen molar-refractivity contribution in [3.8, 4) is 11.5 Å². The molecule has 8 heteroatoms. The maximum Gasteiger partial charge on any atom is 0.262 e. The molecule has 234 valence electrons. The van der Waals surface area contributed by atoms with E-state index in [2.05, 4.69) is 44.8 Å². The zero-order valence-corrected chi connectivity index (χ0v) is 27.8. The van der Waals surface area contributed by atoms with Gasteiger partial charge in [0.15, 0.2) is 29.7 Å². The number of hydrogen-bond donors (Lipinski definition) is 1. The minimum Gasteiger partial charge on any atom is -0.493 e. The number of anilines is 1. The number of halogens is 1. The third-order valence-electron chi connectivity index (χ3n) is 9.15. The molecule has 1 heterocycles. The molecule has 2 aromatic carbocycles. The lowest BCUT2D eigenvalue weighted by Crippen LogP contribution is -2.44.